The van der Waals surface area contributed by atoms with Gasteiger partial charge in [-0.25, -0.2) is 9.67 Å². The van der Waals surface area contributed by atoms with Crippen molar-refractivity contribution < 1.29 is 14.3 Å². The van der Waals surface area contributed by atoms with Gasteiger partial charge in [0.15, 0.2) is 17.3 Å². The van der Waals surface area contributed by atoms with Gasteiger partial charge < -0.3 is 14.8 Å². The molecule has 0 saturated heterocycles. The molecule has 0 fully saturated rings. The van der Waals surface area contributed by atoms with Gasteiger partial charge in [0, 0.05) is 12.7 Å². The molecule has 7 nitrogen and oxygen atoms in total. The third-order valence-electron chi connectivity index (χ3n) is 4.37. The van der Waals surface area contributed by atoms with Crippen LogP contribution in [0.2, 0.25) is 0 Å². The topological polar surface area (TPSA) is 78.3 Å². The molecule has 2 heterocycles. The average Bonchev–Trinajstić information content (AvgIpc) is 3.18. The number of rotatable bonds is 7. The maximum Gasteiger partial charge on any atom is 0.255 e. The summed E-state index contributed by atoms with van der Waals surface area (Å²) in [6.07, 6.45) is 3.30. The Morgan fingerprint density at radius 3 is 2.57 bits per heavy atom. The Balaban J connectivity index is 1.81. The predicted molar refractivity (Wildman–Crippen MR) is 106 cm³/mol. The Bertz CT molecular complexity index is 952. The molecule has 3 rings (SSSR count). The molecule has 0 bridgehead atoms. The highest BCUT2D eigenvalue weighted by molar-refractivity contribution is 5.95. The third-order valence-corrected chi connectivity index (χ3v) is 4.37. The molecule has 0 aliphatic heterocycles. The molecule has 3 aromatic rings. The van der Waals surface area contributed by atoms with E-state index in [0.717, 1.165) is 11.3 Å². The monoisotopic (exact) mass is 380 g/mol. The van der Waals surface area contributed by atoms with Crippen LogP contribution in [-0.4, -0.2) is 34.9 Å². The normalized spacial score (nSPS) is 10.8. The summed E-state index contributed by atoms with van der Waals surface area (Å²) in [6.45, 7) is 4.43. The lowest BCUT2D eigenvalue weighted by atomic mass is 10.1. The van der Waals surface area contributed by atoms with Crippen LogP contribution < -0.4 is 14.8 Å². The Hall–Kier alpha value is -3.35. The molecule has 1 N–H and O–H groups in total. The zero-order chi connectivity index (χ0) is 20.1. The first-order valence-corrected chi connectivity index (χ1v) is 9.03. The summed E-state index contributed by atoms with van der Waals surface area (Å²) >= 11 is 0. The average molecular weight is 380 g/mol. The van der Waals surface area contributed by atoms with Gasteiger partial charge in [-0.2, -0.15) is 5.10 Å². The van der Waals surface area contributed by atoms with Crippen molar-refractivity contribution in [1.29, 1.82) is 0 Å². The van der Waals surface area contributed by atoms with Gasteiger partial charge in [0.1, 0.15) is 0 Å². The number of hydrogen-bond acceptors (Lipinski definition) is 5. The summed E-state index contributed by atoms with van der Waals surface area (Å²) in [7, 11) is 3.17. The number of nitrogens with zero attached hydrogens (tertiary/aromatic N) is 3. The molecule has 0 aliphatic carbocycles. The largest absolute Gasteiger partial charge is 0.493 e. The van der Waals surface area contributed by atoms with Crippen LogP contribution in [0.3, 0.4) is 0 Å². The van der Waals surface area contributed by atoms with Crippen molar-refractivity contribution in [2.24, 2.45) is 0 Å². The Labute approximate surface area is 164 Å². The number of methoxy groups -OCH3 is 2. The van der Waals surface area contributed by atoms with Crippen molar-refractivity contribution in [3.05, 3.63) is 65.6 Å². The predicted octanol–water partition coefficient (Wildman–Crippen LogP) is 3.34. The molecule has 1 amide bonds. The van der Waals surface area contributed by atoms with Crippen LogP contribution in [-0.2, 0) is 6.54 Å². The molecule has 0 saturated carbocycles. The third kappa shape index (κ3) is 3.98. The molecule has 146 valence electrons. The second-order valence-corrected chi connectivity index (χ2v) is 6.57. The van der Waals surface area contributed by atoms with E-state index in [1.807, 2.05) is 50.2 Å². The maximum atomic E-state index is 12.8. The molecule has 0 unspecified atom stereocenters. The maximum absolute atomic E-state index is 12.8. The second kappa shape index (κ2) is 8.56. The van der Waals surface area contributed by atoms with Crippen molar-refractivity contribution in [1.82, 2.24) is 20.1 Å². The lowest BCUT2D eigenvalue weighted by molar-refractivity contribution is 0.0949. The summed E-state index contributed by atoms with van der Waals surface area (Å²) in [4.78, 5) is 17.2. The lowest BCUT2D eigenvalue weighted by Crippen LogP contribution is -2.24. The fraction of sp³-hybridized carbons (Fsp3) is 0.286. The van der Waals surface area contributed by atoms with E-state index in [1.54, 1.807) is 31.3 Å². The zero-order valence-corrected chi connectivity index (χ0v) is 16.5. The van der Waals surface area contributed by atoms with Crippen LogP contribution >= 0.6 is 0 Å². The van der Waals surface area contributed by atoms with Gasteiger partial charge in [0.2, 0.25) is 0 Å². The first kappa shape index (κ1) is 19.4. The van der Waals surface area contributed by atoms with Crippen LogP contribution in [0, 0.1) is 0 Å². The van der Waals surface area contributed by atoms with E-state index in [2.05, 4.69) is 15.4 Å². The zero-order valence-electron chi connectivity index (χ0n) is 16.5. The van der Waals surface area contributed by atoms with Crippen LogP contribution in [0.15, 0.2) is 48.8 Å². The van der Waals surface area contributed by atoms with Crippen LogP contribution in [0.1, 0.15) is 41.4 Å². The molecule has 0 radical (unpaired) electrons. The van der Waals surface area contributed by atoms with Crippen LogP contribution in [0.5, 0.6) is 11.5 Å². The van der Waals surface area contributed by atoms with Crippen LogP contribution in [0.4, 0.5) is 0 Å². The Kier molecular flexibility index (Phi) is 5.93. The number of pyridine rings is 1. The molecule has 1 aromatic carbocycles. The van der Waals surface area contributed by atoms with E-state index < -0.39 is 0 Å². The summed E-state index contributed by atoms with van der Waals surface area (Å²) < 4.78 is 12.3. The smallest absolute Gasteiger partial charge is 0.255 e. The Morgan fingerprint density at radius 1 is 1.14 bits per heavy atom. The molecule has 0 atom stereocenters. The van der Waals surface area contributed by atoms with Crippen molar-refractivity contribution in [2.45, 2.75) is 26.3 Å². The van der Waals surface area contributed by atoms with Gasteiger partial charge in [0.05, 0.1) is 31.7 Å². The SMILES string of the molecule is COc1ccc(CNC(=O)c2cnn(-c3ccccn3)c2C(C)C)cc1OC. The number of aromatic nitrogens is 3. The summed E-state index contributed by atoms with van der Waals surface area (Å²) in [5.74, 6) is 1.88. The molecular formula is C21H24N4O3. The van der Waals surface area contributed by atoms with Gasteiger partial charge in [-0.1, -0.05) is 26.0 Å². The minimum atomic E-state index is -0.180. The number of benzene rings is 1. The van der Waals surface area contributed by atoms with Gasteiger partial charge in [0.25, 0.3) is 5.91 Å². The van der Waals surface area contributed by atoms with E-state index in [4.69, 9.17) is 9.47 Å². The fourth-order valence-electron chi connectivity index (χ4n) is 3.02. The number of carbonyl (C=O) groups excluding carboxylic acids is 1. The number of nitrogens with one attached hydrogen (secondary N) is 1. The van der Waals surface area contributed by atoms with Gasteiger partial charge in [-0.05, 0) is 35.7 Å². The highest BCUT2D eigenvalue weighted by Gasteiger charge is 2.21. The first-order chi connectivity index (χ1) is 13.5. The van der Waals surface area contributed by atoms with Crippen molar-refractivity contribution in [3.8, 4) is 17.3 Å². The van der Waals surface area contributed by atoms with E-state index in [-0.39, 0.29) is 11.8 Å². The highest BCUT2D eigenvalue weighted by atomic mass is 16.5. The number of amides is 1. The van der Waals surface area contributed by atoms with Gasteiger partial charge in [-0.15, -0.1) is 0 Å². The van der Waals surface area contributed by atoms with E-state index >= 15 is 0 Å². The van der Waals surface area contributed by atoms with Gasteiger partial charge in [-0.3, -0.25) is 4.79 Å². The van der Waals surface area contributed by atoms with E-state index in [0.29, 0.717) is 29.4 Å². The van der Waals surface area contributed by atoms with E-state index in [1.165, 1.54) is 0 Å². The van der Waals surface area contributed by atoms with Crippen molar-refractivity contribution >= 4 is 5.91 Å². The molecule has 0 aliphatic rings. The quantitative estimate of drug-likeness (QED) is 0.680. The number of hydrogen-bond donors (Lipinski definition) is 1. The molecular weight excluding hydrogens is 356 g/mol. The van der Waals surface area contributed by atoms with Crippen LogP contribution in [0.25, 0.3) is 5.82 Å². The number of ether oxygens (including phenoxy) is 2. The standard InChI is InChI=1S/C21H24N4O3/c1-14(2)20-16(13-24-25(20)19-7-5-6-10-22-19)21(26)23-12-15-8-9-17(27-3)18(11-15)28-4/h5-11,13-14H,12H2,1-4H3,(H,23,26). The molecule has 28 heavy (non-hydrogen) atoms. The summed E-state index contributed by atoms with van der Waals surface area (Å²) in [6, 6.07) is 11.2. The molecule has 0 spiro atoms. The van der Waals surface area contributed by atoms with Crippen molar-refractivity contribution in [3.63, 3.8) is 0 Å². The minimum Gasteiger partial charge on any atom is -0.493 e. The Morgan fingerprint density at radius 2 is 1.93 bits per heavy atom. The molecule has 2 aromatic heterocycles. The summed E-state index contributed by atoms with van der Waals surface area (Å²) in [5, 5.41) is 7.35. The first-order valence-electron chi connectivity index (χ1n) is 9.03. The minimum absolute atomic E-state index is 0.103. The fourth-order valence-corrected chi connectivity index (χ4v) is 3.02. The van der Waals surface area contributed by atoms with Crippen molar-refractivity contribution in [2.75, 3.05) is 14.2 Å². The van der Waals surface area contributed by atoms with E-state index in [9.17, 15) is 4.79 Å². The van der Waals surface area contributed by atoms with Gasteiger partial charge >= 0.3 is 0 Å². The molecule has 7 heteroatoms. The second-order valence-electron chi connectivity index (χ2n) is 6.57. The lowest BCUT2D eigenvalue weighted by Gasteiger charge is -2.13. The summed E-state index contributed by atoms with van der Waals surface area (Å²) in [5.41, 5.74) is 2.28. The number of carbonyl (C=O) groups is 1. The highest BCUT2D eigenvalue weighted by Crippen LogP contribution is 2.27.